The second-order valence-corrected chi connectivity index (χ2v) is 31.5. The van der Waals surface area contributed by atoms with Crippen molar-refractivity contribution in [2.45, 2.75) is 23.0 Å². The Morgan fingerprint density at radius 3 is 0.885 bits per heavy atom. The zero-order valence-corrected chi connectivity index (χ0v) is 75.7. The Hall–Kier alpha value is -3.60. The van der Waals surface area contributed by atoms with E-state index >= 15 is 0 Å². The minimum absolute atomic E-state index is 0.247. The van der Waals surface area contributed by atoms with Crippen molar-refractivity contribution in [3.8, 4) is 0 Å². The first-order valence-electron chi connectivity index (χ1n) is 28.0. The molecule has 104 heavy (non-hydrogen) atoms. The van der Waals surface area contributed by atoms with Gasteiger partial charge in [0.25, 0.3) is 0 Å². The Bertz CT molecular complexity index is 2190. The van der Waals surface area contributed by atoms with Gasteiger partial charge in [-0.25, -0.2) is 19.2 Å². The lowest BCUT2D eigenvalue weighted by Crippen LogP contribution is -2.20. The van der Waals surface area contributed by atoms with Crippen LogP contribution in [-0.2, 0) is 80.0 Å². The predicted octanol–water partition coefficient (Wildman–Crippen LogP) is 14.9. The first-order chi connectivity index (χ1) is 50.0. The number of nitrogens with two attached hydrogens (primary N) is 2. The molecule has 2 amide bonds. The lowest BCUT2D eigenvalue weighted by atomic mass is 10.1. The van der Waals surface area contributed by atoms with Gasteiger partial charge in [0.15, 0.2) is 0 Å². The van der Waals surface area contributed by atoms with E-state index in [2.05, 4.69) is 49.5 Å². The second kappa shape index (κ2) is 135. The summed E-state index contributed by atoms with van der Waals surface area (Å²) in [5.41, 5.74) is 13.0. The number of nitrogens with one attached hydrogen (secondary N) is 2. The molecular weight excluding hydrogens is 1660 g/mol. The number of ether oxygens (including phenoxy) is 6. The molecule has 4 aliphatic rings. The quantitative estimate of drug-likeness (QED) is 0.0227. The van der Waals surface area contributed by atoms with Crippen LogP contribution in [0.2, 0.25) is 0 Å². The maximum Gasteiger partial charge on any atom is 0.508 e. The van der Waals surface area contributed by atoms with Crippen molar-refractivity contribution in [3.05, 3.63) is 133 Å². The standard InChI is InChI=1S/C10H13NO2S2.C10H12O3S2.2C7H6S.C5H11NO2S2.C5H10O3S2.2C2H4S.4C2H6S.2CH5N.4CO2.2CH4O/c1-11-10(12)13-7-8-3-5-9(6-4-8)15-14-2;1-12-10(11)13-7-8-3-5-9(6-4-8)15-14-2;2*1-6-2-4-7(8)5-3-6;1-6-5(7)8-3-4-10-9-2;1-7-5(6)8-3-4-10-9-2;2*1-2-3-1;4*1-3-2;2*1-2;4*2-1-3;2*1-2/h3-6H,7H2,1-2H3,(H,11,12);3-6H,7H2,1-2H3;2*2-5H,1H2;3-4H2,1-2H3,(H,6,7);3-4H2,1-2H3;2*1-2H2;4*1-2H3;2*2H2,1H3;;;;;2*2H,1H3. The summed E-state index contributed by atoms with van der Waals surface area (Å²) in [6.07, 6.45) is 38.4. The van der Waals surface area contributed by atoms with Gasteiger partial charge in [0.05, 0.1) is 14.2 Å². The monoisotopic (exact) mass is 1760 g/mol. The molecule has 2 saturated heterocycles. The molecule has 0 radical (unpaired) electrons. The molecule has 2 aromatic rings. The van der Waals surface area contributed by atoms with Gasteiger partial charge in [-0.3, -0.25) is 0 Å². The molecule has 24 nitrogen and oxygen atoms in total. The Morgan fingerprint density at radius 1 is 0.442 bits per heavy atom. The number of thioether (sulfide) groups is 6. The Morgan fingerprint density at radius 2 is 0.673 bits per heavy atom. The third-order valence-corrected chi connectivity index (χ3v) is 15.3. The highest BCUT2D eigenvalue weighted by Gasteiger charge is 2.03. The topological polar surface area (TPSA) is 377 Å². The maximum absolute atomic E-state index is 10.8. The zero-order valence-electron chi connectivity index (χ0n) is 62.7. The van der Waals surface area contributed by atoms with E-state index in [9.17, 15) is 19.2 Å². The number of hydrogen-bond acceptors (Lipinski definition) is 38. The fourth-order valence-corrected chi connectivity index (χ4v) is 8.52. The van der Waals surface area contributed by atoms with Crippen LogP contribution in [0.1, 0.15) is 11.1 Å². The number of aliphatic hydroxyl groups excluding tert-OH is 2. The van der Waals surface area contributed by atoms with Crippen molar-refractivity contribution in [1.29, 1.82) is 0 Å². The molecule has 0 spiro atoms. The summed E-state index contributed by atoms with van der Waals surface area (Å²) in [6, 6.07) is 15.8. The summed E-state index contributed by atoms with van der Waals surface area (Å²) >= 11 is 20.7. The summed E-state index contributed by atoms with van der Waals surface area (Å²) in [4.78, 5) is 111. The van der Waals surface area contributed by atoms with Crippen molar-refractivity contribution in [3.63, 3.8) is 0 Å². The summed E-state index contributed by atoms with van der Waals surface area (Å²) in [5, 5.41) is 18.8. The summed E-state index contributed by atoms with van der Waals surface area (Å²) in [6.45, 7) is 8.88. The molecule has 600 valence electrons. The van der Waals surface area contributed by atoms with Crippen LogP contribution in [0.5, 0.6) is 0 Å². The lowest BCUT2D eigenvalue weighted by molar-refractivity contribution is -0.193. The number of aliphatic hydroxyl groups is 2. The number of carbonyl (C=O) groups excluding carboxylic acids is 12. The van der Waals surface area contributed by atoms with Crippen LogP contribution < -0.4 is 22.1 Å². The van der Waals surface area contributed by atoms with Crippen molar-refractivity contribution in [2.75, 3.05) is 179 Å². The van der Waals surface area contributed by atoms with Gasteiger partial charge in [-0.2, -0.15) is 109 Å². The highest BCUT2D eigenvalue weighted by atomic mass is 33.1. The molecule has 0 aromatic heterocycles. The average molecular weight is 1770 g/mol. The van der Waals surface area contributed by atoms with E-state index in [4.69, 9.17) is 87.2 Å². The molecular formula is C64H108N4O20S16. The molecule has 2 fully saturated rings. The maximum atomic E-state index is 10.8. The minimum atomic E-state index is -0.655. The van der Waals surface area contributed by atoms with Gasteiger partial charge in [0.1, 0.15) is 26.4 Å². The van der Waals surface area contributed by atoms with E-state index in [1.54, 1.807) is 147 Å². The van der Waals surface area contributed by atoms with Crippen molar-refractivity contribution < 1.29 is 96.2 Å². The van der Waals surface area contributed by atoms with Gasteiger partial charge in [-0.05, 0) is 160 Å². The van der Waals surface area contributed by atoms with E-state index in [1.807, 2.05) is 196 Å². The summed E-state index contributed by atoms with van der Waals surface area (Å²) in [5.74, 6) is 7.31. The van der Waals surface area contributed by atoms with E-state index in [-0.39, 0.29) is 37.3 Å². The summed E-state index contributed by atoms with van der Waals surface area (Å²) in [7, 11) is 24.1. The molecule has 2 aromatic carbocycles. The van der Waals surface area contributed by atoms with E-state index < -0.39 is 18.4 Å². The Balaban J connectivity index is -0.0000000714. The third-order valence-electron chi connectivity index (χ3n) is 6.95. The van der Waals surface area contributed by atoms with Crippen LogP contribution in [0.25, 0.3) is 0 Å². The molecule has 2 aliphatic carbocycles. The third kappa shape index (κ3) is 169. The number of carbonyl (C=O) groups is 4. The number of methoxy groups -OCH3 is 2. The van der Waals surface area contributed by atoms with Gasteiger partial charge >= 0.3 is 49.1 Å². The molecule has 0 atom stereocenters. The number of alkyl carbamates (subject to hydrolysis) is 2. The van der Waals surface area contributed by atoms with Crippen molar-refractivity contribution in [2.24, 2.45) is 11.5 Å². The van der Waals surface area contributed by atoms with Crippen LogP contribution in [0.15, 0.2) is 131 Å². The van der Waals surface area contributed by atoms with E-state index in [1.165, 1.54) is 61.1 Å². The van der Waals surface area contributed by atoms with Gasteiger partial charge in [0, 0.05) is 82.4 Å². The van der Waals surface area contributed by atoms with Crippen molar-refractivity contribution >= 4 is 240 Å². The van der Waals surface area contributed by atoms with Gasteiger partial charge in [-0.15, -0.1) is 0 Å². The number of amides is 2. The smallest absolute Gasteiger partial charge is 0.449 e. The van der Waals surface area contributed by atoms with Crippen LogP contribution in [0.3, 0.4) is 0 Å². The number of allylic oxidation sites excluding steroid dienone is 10. The number of rotatable bonds is 16. The lowest BCUT2D eigenvalue weighted by Gasteiger charge is -2.04. The first kappa shape index (κ1) is 133. The highest BCUT2D eigenvalue weighted by molar-refractivity contribution is 8.77. The van der Waals surface area contributed by atoms with Crippen LogP contribution in [0.4, 0.5) is 19.2 Å². The number of hydrogen-bond donors (Lipinski definition) is 6. The predicted molar refractivity (Wildman–Crippen MR) is 468 cm³/mol. The molecule has 8 N–H and O–H groups in total. The van der Waals surface area contributed by atoms with E-state index in [0.717, 1.165) is 57.7 Å². The van der Waals surface area contributed by atoms with Crippen LogP contribution in [0, 0.1) is 0 Å². The molecule has 6 rings (SSSR count). The van der Waals surface area contributed by atoms with Gasteiger partial charge in [0.2, 0.25) is 0 Å². The van der Waals surface area contributed by atoms with E-state index in [0.29, 0.717) is 19.8 Å². The molecule has 0 saturated carbocycles. The molecule has 0 unspecified atom stereocenters. The van der Waals surface area contributed by atoms with Crippen molar-refractivity contribution in [1.82, 2.24) is 10.6 Å². The largest absolute Gasteiger partial charge is 0.508 e. The average Bonchev–Trinajstić information content (AvgIpc) is 1.95. The zero-order chi connectivity index (χ0) is 83.7. The Labute approximate surface area is 686 Å². The first-order valence-corrected chi connectivity index (χ1v) is 48.2. The van der Waals surface area contributed by atoms with Gasteiger partial charge < -0.3 is 60.7 Å². The fraction of sp³-hybridized carbons (Fsp3) is 0.469. The normalized spacial score (nSPS) is 9.85. The molecule has 2 aliphatic heterocycles. The summed E-state index contributed by atoms with van der Waals surface area (Å²) < 4.78 is 27.6. The highest BCUT2D eigenvalue weighted by Crippen LogP contribution is 2.29. The SMILES string of the molecule is C1CS1.C1CS1.C=C1C=CC(=S)C=C1.C=C1C=CC(=S)C=C1.CN.CN.CNC(=O)OCCSSC.CNC(=O)OCc1ccc(SSC)cc1.CO.CO.COC(=O)OCCSSC.COC(=O)OCc1ccc(SSC)cc1.CSC.CSC.CSC.CSC.O=C=O.O=C=O.O=C=O.O=C=O. The fourth-order valence-electron chi connectivity index (χ4n) is 3.50. The van der Waals surface area contributed by atoms with Crippen LogP contribution >= 0.6 is 181 Å². The Kier molecular flexibility index (Phi) is 173. The number of thiocarbonyl (C=S) groups is 2. The minimum Gasteiger partial charge on any atom is -0.449 e. The molecule has 2 heterocycles. The molecule has 40 heteroatoms. The van der Waals surface area contributed by atoms with Gasteiger partial charge in [-0.1, -0.05) is 173 Å². The number of benzene rings is 2. The second-order valence-electron chi connectivity index (χ2n) is 14.5. The van der Waals surface area contributed by atoms with Crippen LogP contribution in [-0.4, -0.2) is 248 Å². The molecule has 0 bridgehead atoms.